The molecule has 0 saturated heterocycles. The minimum atomic E-state index is -0.386. The Balaban J connectivity index is 2.16. The predicted octanol–water partition coefficient (Wildman–Crippen LogP) is 3.00. The van der Waals surface area contributed by atoms with E-state index in [1.807, 2.05) is 68.2 Å². The van der Waals surface area contributed by atoms with Crippen molar-refractivity contribution in [3.05, 3.63) is 53.9 Å². The van der Waals surface area contributed by atoms with Crippen LogP contribution in [0.1, 0.15) is 50.9 Å². The van der Waals surface area contributed by atoms with Crippen molar-refractivity contribution in [2.24, 2.45) is 0 Å². The van der Waals surface area contributed by atoms with Crippen molar-refractivity contribution in [2.45, 2.75) is 58.8 Å². The summed E-state index contributed by atoms with van der Waals surface area (Å²) in [6.45, 7) is 10.2. The van der Waals surface area contributed by atoms with E-state index in [2.05, 4.69) is 29.6 Å². The summed E-state index contributed by atoms with van der Waals surface area (Å²) in [4.78, 5) is 12.7. The molecule has 1 heterocycles. The fourth-order valence-electron chi connectivity index (χ4n) is 2.62. The van der Waals surface area contributed by atoms with Crippen LogP contribution in [-0.4, -0.2) is 27.8 Å². The van der Waals surface area contributed by atoms with Gasteiger partial charge in [-0.15, -0.1) is 0 Å². The van der Waals surface area contributed by atoms with Gasteiger partial charge in [-0.25, -0.2) is 0 Å². The molecule has 3 atom stereocenters. The molecule has 0 aliphatic heterocycles. The number of rotatable bonds is 7. The number of aromatic nitrogens is 2. The van der Waals surface area contributed by atoms with Gasteiger partial charge in [0.05, 0.1) is 12.2 Å². The Morgan fingerprint density at radius 1 is 1.12 bits per heavy atom. The topological polar surface area (TPSA) is 59.0 Å². The van der Waals surface area contributed by atoms with Crippen LogP contribution in [0.4, 0.5) is 0 Å². The van der Waals surface area contributed by atoms with E-state index >= 15 is 0 Å². The second-order valence-electron chi connectivity index (χ2n) is 6.70. The van der Waals surface area contributed by atoms with Gasteiger partial charge in [0.1, 0.15) is 6.04 Å². The lowest BCUT2D eigenvalue weighted by atomic mass is 10.0. The van der Waals surface area contributed by atoms with E-state index in [1.54, 1.807) is 0 Å². The van der Waals surface area contributed by atoms with Crippen LogP contribution in [-0.2, 0) is 4.79 Å². The number of hydrogen-bond acceptors (Lipinski definition) is 3. The summed E-state index contributed by atoms with van der Waals surface area (Å²) in [5.74, 6) is -0.00750. The highest BCUT2D eigenvalue weighted by Crippen LogP contribution is 2.18. The molecule has 0 spiro atoms. The Morgan fingerprint density at radius 2 is 1.79 bits per heavy atom. The predicted molar refractivity (Wildman–Crippen MR) is 96.7 cm³/mol. The zero-order valence-electron chi connectivity index (χ0n) is 15.2. The quantitative estimate of drug-likeness (QED) is 0.821. The Labute approximate surface area is 144 Å². The molecule has 0 bridgehead atoms. The molecule has 0 aliphatic rings. The lowest BCUT2D eigenvalue weighted by Crippen LogP contribution is -2.45. The lowest BCUT2D eigenvalue weighted by Gasteiger charge is -2.28. The number of carbonyl (C=O) groups is 1. The molecular formula is C19H28N4O. The van der Waals surface area contributed by atoms with E-state index in [4.69, 9.17) is 0 Å². The fraction of sp³-hybridized carbons (Fsp3) is 0.474. The zero-order chi connectivity index (χ0) is 17.7. The SMILES string of the molecule is Cc1cnn([C@H](C)[C@@H](C)N[C@H](C(=O)NC(C)C)c2ccccc2)c1. The minimum Gasteiger partial charge on any atom is -0.352 e. The summed E-state index contributed by atoms with van der Waals surface area (Å²) in [5.41, 5.74) is 2.09. The number of nitrogens with one attached hydrogen (secondary N) is 2. The summed E-state index contributed by atoms with van der Waals surface area (Å²) < 4.78 is 1.94. The van der Waals surface area contributed by atoms with Gasteiger partial charge in [-0.05, 0) is 45.7 Å². The van der Waals surface area contributed by atoms with Crippen molar-refractivity contribution in [1.82, 2.24) is 20.4 Å². The van der Waals surface area contributed by atoms with E-state index in [0.29, 0.717) is 0 Å². The first kappa shape index (κ1) is 18.2. The summed E-state index contributed by atoms with van der Waals surface area (Å²) in [7, 11) is 0. The fourth-order valence-corrected chi connectivity index (χ4v) is 2.62. The highest BCUT2D eigenvalue weighted by atomic mass is 16.2. The van der Waals surface area contributed by atoms with Crippen LogP contribution in [0.15, 0.2) is 42.7 Å². The molecule has 0 unspecified atom stereocenters. The molecule has 2 aromatic rings. The van der Waals surface area contributed by atoms with Gasteiger partial charge in [-0.2, -0.15) is 5.10 Å². The summed E-state index contributed by atoms with van der Waals surface area (Å²) in [6.07, 6.45) is 3.87. The first-order valence-electron chi connectivity index (χ1n) is 8.50. The van der Waals surface area contributed by atoms with E-state index in [1.165, 1.54) is 0 Å². The van der Waals surface area contributed by atoms with Crippen LogP contribution < -0.4 is 10.6 Å². The van der Waals surface area contributed by atoms with Crippen molar-refractivity contribution in [3.8, 4) is 0 Å². The zero-order valence-corrected chi connectivity index (χ0v) is 15.2. The number of hydrogen-bond donors (Lipinski definition) is 2. The van der Waals surface area contributed by atoms with Crippen LogP contribution in [0, 0.1) is 6.92 Å². The number of aryl methyl sites for hydroxylation is 1. The molecule has 0 saturated carbocycles. The van der Waals surface area contributed by atoms with Gasteiger partial charge >= 0.3 is 0 Å². The van der Waals surface area contributed by atoms with Gasteiger partial charge in [0.2, 0.25) is 5.91 Å². The highest BCUT2D eigenvalue weighted by molar-refractivity contribution is 5.83. The molecule has 1 amide bonds. The highest BCUT2D eigenvalue weighted by Gasteiger charge is 2.25. The van der Waals surface area contributed by atoms with Crippen LogP contribution in [0.5, 0.6) is 0 Å². The monoisotopic (exact) mass is 328 g/mol. The van der Waals surface area contributed by atoms with Gasteiger partial charge < -0.3 is 5.32 Å². The average Bonchev–Trinajstić information content (AvgIpc) is 2.98. The standard InChI is InChI=1S/C19H28N4O/c1-13(2)21-19(24)18(17-9-7-6-8-10-17)22-15(4)16(5)23-12-14(3)11-20-23/h6-13,15-16,18,22H,1-5H3,(H,21,24)/t15-,16-,18+/m1/s1. The van der Waals surface area contributed by atoms with Gasteiger partial charge in [0, 0.05) is 18.3 Å². The van der Waals surface area contributed by atoms with Crippen molar-refractivity contribution < 1.29 is 4.79 Å². The maximum absolute atomic E-state index is 12.7. The Morgan fingerprint density at radius 3 is 2.33 bits per heavy atom. The smallest absolute Gasteiger partial charge is 0.241 e. The largest absolute Gasteiger partial charge is 0.352 e. The molecule has 130 valence electrons. The molecule has 0 aliphatic carbocycles. The summed E-state index contributed by atoms with van der Waals surface area (Å²) in [6, 6.07) is 9.76. The normalized spacial score (nSPS) is 15.1. The Hall–Kier alpha value is -2.14. The van der Waals surface area contributed by atoms with Crippen LogP contribution in [0.3, 0.4) is 0 Å². The molecule has 0 radical (unpaired) electrons. The van der Waals surface area contributed by atoms with Crippen LogP contribution >= 0.6 is 0 Å². The van der Waals surface area contributed by atoms with Crippen LogP contribution in [0.2, 0.25) is 0 Å². The third kappa shape index (κ3) is 4.68. The van der Waals surface area contributed by atoms with Gasteiger partial charge in [0.25, 0.3) is 0 Å². The van der Waals surface area contributed by atoms with Crippen molar-refractivity contribution in [2.75, 3.05) is 0 Å². The van der Waals surface area contributed by atoms with Crippen molar-refractivity contribution in [1.29, 1.82) is 0 Å². The molecule has 5 heteroatoms. The third-order valence-electron chi connectivity index (χ3n) is 4.13. The number of benzene rings is 1. The van der Waals surface area contributed by atoms with Crippen molar-refractivity contribution in [3.63, 3.8) is 0 Å². The number of amides is 1. The second kappa shape index (κ2) is 8.11. The number of carbonyl (C=O) groups excluding carboxylic acids is 1. The molecule has 5 nitrogen and oxygen atoms in total. The average molecular weight is 328 g/mol. The molecule has 2 N–H and O–H groups in total. The first-order chi connectivity index (χ1) is 11.4. The van der Waals surface area contributed by atoms with E-state index < -0.39 is 0 Å². The maximum Gasteiger partial charge on any atom is 0.241 e. The van der Waals surface area contributed by atoms with E-state index in [9.17, 15) is 4.79 Å². The molecule has 24 heavy (non-hydrogen) atoms. The van der Waals surface area contributed by atoms with Gasteiger partial charge in [0.15, 0.2) is 0 Å². The Bertz CT molecular complexity index is 650. The molecular weight excluding hydrogens is 300 g/mol. The van der Waals surface area contributed by atoms with E-state index in [0.717, 1.165) is 11.1 Å². The third-order valence-corrected chi connectivity index (χ3v) is 4.13. The summed E-state index contributed by atoms with van der Waals surface area (Å²) in [5, 5.41) is 10.9. The first-order valence-corrected chi connectivity index (χ1v) is 8.50. The van der Waals surface area contributed by atoms with Gasteiger partial charge in [-0.1, -0.05) is 30.3 Å². The lowest BCUT2D eigenvalue weighted by molar-refractivity contribution is -0.124. The van der Waals surface area contributed by atoms with Gasteiger partial charge in [-0.3, -0.25) is 14.8 Å². The molecule has 0 fully saturated rings. The van der Waals surface area contributed by atoms with E-state index in [-0.39, 0.29) is 30.1 Å². The Kier molecular flexibility index (Phi) is 6.15. The minimum absolute atomic E-state index is 0.00750. The summed E-state index contributed by atoms with van der Waals surface area (Å²) >= 11 is 0. The van der Waals surface area contributed by atoms with Crippen molar-refractivity contribution >= 4 is 5.91 Å². The maximum atomic E-state index is 12.7. The molecule has 2 rings (SSSR count). The molecule has 1 aromatic heterocycles. The molecule has 1 aromatic carbocycles. The van der Waals surface area contributed by atoms with Crippen LogP contribution in [0.25, 0.3) is 0 Å². The second-order valence-corrected chi connectivity index (χ2v) is 6.70. The number of nitrogens with zero attached hydrogens (tertiary/aromatic N) is 2.